The lowest BCUT2D eigenvalue weighted by Crippen LogP contribution is -2.31. The van der Waals surface area contributed by atoms with Gasteiger partial charge in [-0.15, -0.1) is 0 Å². The van der Waals surface area contributed by atoms with Crippen molar-refractivity contribution in [3.8, 4) is 0 Å². The van der Waals surface area contributed by atoms with E-state index in [9.17, 15) is 4.79 Å². The van der Waals surface area contributed by atoms with E-state index >= 15 is 0 Å². The Bertz CT molecular complexity index is 471. The van der Waals surface area contributed by atoms with Gasteiger partial charge in [-0.2, -0.15) is 0 Å². The number of anilines is 1. The number of rotatable bonds is 3. The maximum atomic E-state index is 11.0. The van der Waals surface area contributed by atoms with Gasteiger partial charge in [0.05, 0.1) is 0 Å². The monoisotopic (exact) mass is 249 g/mol. The summed E-state index contributed by atoms with van der Waals surface area (Å²) in [4.78, 5) is 19.3. The highest BCUT2D eigenvalue weighted by Crippen LogP contribution is 2.38. The van der Waals surface area contributed by atoms with Crippen molar-refractivity contribution in [3.63, 3.8) is 0 Å². The van der Waals surface area contributed by atoms with Crippen LogP contribution in [0.1, 0.15) is 49.3 Å². The predicted molar refractivity (Wildman–Crippen MR) is 68.8 cm³/mol. The maximum absolute atomic E-state index is 11.0. The summed E-state index contributed by atoms with van der Waals surface area (Å²) in [6.45, 7) is 6.20. The van der Waals surface area contributed by atoms with Crippen LogP contribution in [0.3, 0.4) is 0 Å². The zero-order chi connectivity index (χ0) is 13.3. The Morgan fingerprint density at radius 1 is 1.50 bits per heavy atom. The van der Waals surface area contributed by atoms with Gasteiger partial charge >= 0.3 is 5.97 Å². The first kappa shape index (κ1) is 12.8. The molecule has 1 aromatic heterocycles. The van der Waals surface area contributed by atoms with Crippen LogP contribution in [0, 0.1) is 12.3 Å². The Hall–Kier alpha value is -1.65. The molecule has 2 rings (SSSR count). The quantitative estimate of drug-likeness (QED) is 0.860. The van der Waals surface area contributed by atoms with Gasteiger partial charge in [0.25, 0.3) is 0 Å². The Kier molecular flexibility index (Phi) is 3.24. The van der Waals surface area contributed by atoms with Crippen molar-refractivity contribution in [3.05, 3.63) is 17.5 Å². The lowest BCUT2D eigenvalue weighted by atomic mass is 9.87. The van der Waals surface area contributed by atoms with Crippen molar-refractivity contribution in [2.24, 2.45) is 5.41 Å². The predicted octanol–water partition coefficient (Wildman–Crippen LogP) is 2.47. The summed E-state index contributed by atoms with van der Waals surface area (Å²) in [5.41, 5.74) is 0.915. The van der Waals surface area contributed by atoms with Crippen LogP contribution in [0.4, 0.5) is 5.95 Å². The Morgan fingerprint density at radius 3 is 2.78 bits per heavy atom. The molecule has 18 heavy (non-hydrogen) atoms. The van der Waals surface area contributed by atoms with Gasteiger partial charge in [0, 0.05) is 11.7 Å². The fraction of sp³-hybridized carbons (Fsp3) is 0.615. The fourth-order valence-electron chi connectivity index (χ4n) is 2.49. The smallest absolute Gasteiger partial charge is 0.354 e. The number of hydrogen-bond donors (Lipinski definition) is 2. The van der Waals surface area contributed by atoms with Gasteiger partial charge in [-0.05, 0) is 31.2 Å². The highest BCUT2D eigenvalue weighted by atomic mass is 16.4. The van der Waals surface area contributed by atoms with E-state index in [1.54, 1.807) is 6.92 Å². The number of carboxylic acid groups (broad SMARTS) is 1. The zero-order valence-electron chi connectivity index (χ0n) is 11.0. The van der Waals surface area contributed by atoms with Crippen molar-refractivity contribution in [1.29, 1.82) is 0 Å². The molecule has 0 saturated heterocycles. The van der Waals surface area contributed by atoms with Gasteiger partial charge in [0.15, 0.2) is 5.69 Å². The van der Waals surface area contributed by atoms with Crippen molar-refractivity contribution in [2.45, 2.75) is 46.1 Å². The second-order valence-corrected chi connectivity index (χ2v) is 5.60. The number of carboxylic acids is 1. The molecule has 0 aliphatic heterocycles. The molecule has 1 heterocycles. The first-order valence-corrected chi connectivity index (χ1v) is 6.24. The summed E-state index contributed by atoms with van der Waals surface area (Å²) in [6, 6.07) is 1.79. The van der Waals surface area contributed by atoms with E-state index < -0.39 is 5.97 Å². The number of carbonyl (C=O) groups is 1. The van der Waals surface area contributed by atoms with E-state index in [0.29, 0.717) is 17.7 Å². The molecule has 0 bridgehead atoms. The van der Waals surface area contributed by atoms with E-state index in [4.69, 9.17) is 5.11 Å². The number of aromatic nitrogens is 2. The first-order valence-electron chi connectivity index (χ1n) is 6.24. The second-order valence-electron chi connectivity index (χ2n) is 5.60. The molecule has 0 radical (unpaired) electrons. The summed E-state index contributed by atoms with van der Waals surface area (Å²) in [7, 11) is 0. The molecule has 1 aliphatic carbocycles. The molecular formula is C13H19N3O2. The highest BCUT2D eigenvalue weighted by molar-refractivity contribution is 5.85. The highest BCUT2D eigenvalue weighted by Gasteiger charge is 2.34. The van der Waals surface area contributed by atoms with Crippen LogP contribution >= 0.6 is 0 Å². The van der Waals surface area contributed by atoms with E-state index in [-0.39, 0.29) is 11.1 Å². The zero-order valence-corrected chi connectivity index (χ0v) is 11.0. The van der Waals surface area contributed by atoms with Crippen LogP contribution in [-0.2, 0) is 0 Å². The molecule has 1 aromatic rings. The van der Waals surface area contributed by atoms with E-state index in [2.05, 4.69) is 29.1 Å². The summed E-state index contributed by atoms with van der Waals surface area (Å²) in [5.74, 6) is -0.596. The maximum Gasteiger partial charge on any atom is 0.354 e. The minimum Gasteiger partial charge on any atom is -0.477 e. The molecule has 5 nitrogen and oxygen atoms in total. The third-order valence-electron chi connectivity index (χ3n) is 3.63. The Labute approximate surface area is 107 Å². The van der Waals surface area contributed by atoms with E-state index in [0.717, 1.165) is 6.42 Å². The van der Waals surface area contributed by atoms with Crippen LogP contribution in [-0.4, -0.2) is 27.1 Å². The Balaban J connectivity index is 2.21. The lowest BCUT2D eigenvalue weighted by Gasteiger charge is -2.27. The molecule has 1 unspecified atom stereocenters. The number of aromatic carboxylic acids is 1. The van der Waals surface area contributed by atoms with E-state index in [1.165, 1.54) is 18.9 Å². The average Bonchev–Trinajstić information content (AvgIpc) is 2.57. The summed E-state index contributed by atoms with van der Waals surface area (Å²) in [6.07, 6.45) is 3.43. The summed E-state index contributed by atoms with van der Waals surface area (Å²) < 4.78 is 0. The van der Waals surface area contributed by atoms with E-state index in [1.807, 2.05) is 0 Å². The standard InChI is InChI=1S/C13H19N3O2/c1-8-7-9(11(17)18)15-12(14-8)16-10-5-4-6-13(10,2)3/h7,10H,4-6H2,1-3H3,(H,17,18)(H,14,15,16). The molecule has 1 fully saturated rings. The molecule has 0 amide bonds. The molecule has 1 saturated carbocycles. The van der Waals surface area contributed by atoms with Crippen LogP contribution < -0.4 is 5.32 Å². The number of aryl methyl sites for hydroxylation is 1. The summed E-state index contributed by atoms with van der Waals surface area (Å²) in [5, 5.41) is 12.3. The Morgan fingerprint density at radius 2 is 2.22 bits per heavy atom. The van der Waals surface area contributed by atoms with Crippen molar-refractivity contribution in [2.75, 3.05) is 5.32 Å². The molecule has 2 N–H and O–H groups in total. The average molecular weight is 249 g/mol. The van der Waals surface area contributed by atoms with Crippen LogP contribution in [0.25, 0.3) is 0 Å². The van der Waals surface area contributed by atoms with Crippen molar-refractivity contribution in [1.82, 2.24) is 9.97 Å². The van der Waals surface area contributed by atoms with Crippen molar-refractivity contribution < 1.29 is 9.90 Å². The van der Waals surface area contributed by atoms with Crippen LogP contribution in [0.15, 0.2) is 6.07 Å². The molecule has 98 valence electrons. The molecule has 0 aromatic carbocycles. The molecular weight excluding hydrogens is 230 g/mol. The molecule has 1 aliphatic rings. The van der Waals surface area contributed by atoms with Gasteiger partial charge in [0.1, 0.15) is 0 Å². The third-order valence-corrected chi connectivity index (χ3v) is 3.63. The van der Waals surface area contributed by atoms with Gasteiger partial charge in [-0.1, -0.05) is 20.3 Å². The number of nitrogens with zero attached hydrogens (tertiary/aromatic N) is 2. The summed E-state index contributed by atoms with van der Waals surface area (Å²) >= 11 is 0. The van der Waals surface area contributed by atoms with Crippen LogP contribution in [0.2, 0.25) is 0 Å². The largest absolute Gasteiger partial charge is 0.477 e. The minimum atomic E-state index is -1.02. The SMILES string of the molecule is Cc1cc(C(=O)O)nc(NC2CCCC2(C)C)n1. The van der Waals surface area contributed by atoms with Crippen LogP contribution in [0.5, 0.6) is 0 Å². The third kappa shape index (κ3) is 2.60. The normalized spacial score (nSPS) is 21.8. The number of hydrogen-bond acceptors (Lipinski definition) is 4. The van der Waals surface area contributed by atoms with Gasteiger partial charge in [-0.3, -0.25) is 0 Å². The van der Waals surface area contributed by atoms with Crippen molar-refractivity contribution >= 4 is 11.9 Å². The minimum absolute atomic E-state index is 0.0424. The van der Waals surface area contributed by atoms with Gasteiger partial charge in [-0.25, -0.2) is 14.8 Å². The number of nitrogens with one attached hydrogen (secondary N) is 1. The molecule has 0 spiro atoms. The van der Waals surface area contributed by atoms with Gasteiger partial charge in [0.2, 0.25) is 5.95 Å². The fourth-order valence-corrected chi connectivity index (χ4v) is 2.49. The second kappa shape index (κ2) is 4.55. The molecule has 1 atom stereocenters. The lowest BCUT2D eigenvalue weighted by molar-refractivity contribution is 0.0690. The molecule has 5 heteroatoms. The topological polar surface area (TPSA) is 75.1 Å². The van der Waals surface area contributed by atoms with Gasteiger partial charge < -0.3 is 10.4 Å². The first-order chi connectivity index (χ1) is 8.38.